The number of nitrogens with two attached hydrogens (primary N) is 1. The van der Waals surface area contributed by atoms with E-state index in [2.05, 4.69) is 86.9 Å². The molecule has 38 heteroatoms. The van der Waals surface area contributed by atoms with Crippen LogP contribution in [0.1, 0.15) is 135 Å². The molecule has 684 valence electrons. The van der Waals surface area contributed by atoms with Gasteiger partial charge in [-0.05, 0) is 161 Å². The molecule has 127 heavy (non-hydrogen) atoms. The molecule has 4 aromatic carbocycles. The van der Waals surface area contributed by atoms with Gasteiger partial charge in [0, 0.05) is 122 Å². The third kappa shape index (κ3) is 19.0. The number of nitrogens with one attached hydrogen (secondary N) is 11. The number of carboxylic acid groups (broad SMARTS) is 2. The Morgan fingerprint density at radius 2 is 1.49 bits per heavy atom. The Hall–Kier alpha value is -11.1. The lowest BCUT2D eigenvalue weighted by atomic mass is 9.47. The maximum Gasteiger partial charge on any atom is 0.325 e. The summed E-state index contributed by atoms with van der Waals surface area (Å²) in [7, 11) is -1.01. The molecule has 1 saturated carbocycles. The van der Waals surface area contributed by atoms with Gasteiger partial charge in [0.15, 0.2) is 14.3 Å². The van der Waals surface area contributed by atoms with Gasteiger partial charge in [-0.2, -0.15) is 0 Å². The van der Waals surface area contributed by atoms with Crippen molar-refractivity contribution in [2.45, 2.75) is 213 Å². The van der Waals surface area contributed by atoms with E-state index in [-0.39, 0.29) is 87.8 Å². The number of benzene rings is 4. The number of aliphatic hydroxyl groups excluding tert-OH is 1. The van der Waals surface area contributed by atoms with Crippen molar-refractivity contribution in [1.82, 2.24) is 67.5 Å². The first-order valence-corrected chi connectivity index (χ1v) is 49.7. The highest BCUT2D eigenvalue weighted by Crippen LogP contribution is 2.68. The number of methoxy groups -OCH3 is 2. The number of esters is 1. The monoisotopic (exact) mass is 1790 g/mol. The van der Waals surface area contributed by atoms with E-state index in [1.807, 2.05) is 76.2 Å². The molecule has 36 nitrogen and oxygen atoms in total. The zero-order chi connectivity index (χ0) is 91.6. The van der Waals surface area contributed by atoms with E-state index >= 15 is 4.79 Å². The molecule has 18 N–H and O–H groups in total. The van der Waals surface area contributed by atoms with Gasteiger partial charge >= 0.3 is 17.9 Å². The van der Waals surface area contributed by atoms with Gasteiger partial charge in [-0.15, -0.1) is 0 Å². The summed E-state index contributed by atoms with van der Waals surface area (Å²) in [6.45, 7) is 13.0. The predicted molar refractivity (Wildman–Crippen MR) is 472 cm³/mol. The van der Waals surface area contributed by atoms with Gasteiger partial charge in [-0.1, -0.05) is 80.6 Å². The number of aliphatic hydroxyl groups is 3. The number of aliphatic carboxylic acids is 2. The van der Waals surface area contributed by atoms with Crippen LogP contribution in [0.3, 0.4) is 0 Å². The molecule has 8 aliphatic heterocycles. The normalized spacial score (nSPS) is 28.2. The van der Waals surface area contributed by atoms with Gasteiger partial charge in [0.05, 0.1) is 57.9 Å². The SMILES string of the molecule is CC[C@]1(O)CC2CCN(CCc3c([nH]c4ccccc34)[C@@](C(=O)OC)(c3cc4c(cc3OC)N(C)[C@H]3[C@@](O)(CNC(=O)c5ccc([Si](C)(C)O[Si](C)(C)CC(NC(=O)CCC(=O)NCc6ccc(CN7C(=O)[C@H]8CC(=O)N[C@@H](CCCNC(=N)N)C(=O)NCC(=O)N[C@@H](CC(=O)O)C(=O)NC[C@H]7C(=O)N8)cc6)C(=O)O)cc5)[C@H](O)[C@]5(CC)C=CCN6CC[C@]43[C@H]65)C2)C1. The van der Waals surface area contributed by atoms with Crippen LogP contribution in [0.5, 0.6) is 5.75 Å². The maximum absolute atomic E-state index is 15.8. The average molecular weight is 1790 g/mol. The molecule has 1 spiro atoms. The van der Waals surface area contributed by atoms with Crippen LogP contribution in [0.15, 0.2) is 97.1 Å². The maximum atomic E-state index is 15.8. The lowest BCUT2D eigenvalue weighted by molar-refractivity contribution is -0.196. The highest BCUT2D eigenvalue weighted by atomic mass is 28.4. The molecule has 14 rings (SSSR count). The summed E-state index contributed by atoms with van der Waals surface area (Å²) in [6, 6.07) is 17.1. The van der Waals surface area contributed by atoms with Gasteiger partial charge < -0.3 is 112 Å². The summed E-state index contributed by atoms with van der Waals surface area (Å²) in [4.78, 5) is 175. The Labute approximate surface area is 738 Å². The van der Waals surface area contributed by atoms with Crippen molar-refractivity contribution in [2.24, 2.45) is 17.1 Å². The number of aromatic nitrogens is 1. The largest absolute Gasteiger partial charge is 0.496 e. The molecule has 6 fully saturated rings. The third-order valence-corrected chi connectivity index (χ3v) is 34.9. The number of nitrogens with zero attached hydrogens (tertiary/aromatic N) is 4. The predicted octanol–water partition coefficient (Wildman–Crippen LogP) is 0.906. The number of guanidine groups is 1. The number of ether oxygens (including phenoxy) is 2. The summed E-state index contributed by atoms with van der Waals surface area (Å²) >= 11 is 0. The highest BCUT2D eigenvalue weighted by molar-refractivity contribution is 6.92. The number of anilines is 1. The van der Waals surface area contributed by atoms with Crippen LogP contribution in [0, 0.1) is 16.7 Å². The molecule has 3 unspecified atom stereocenters. The minimum atomic E-state index is -3.01. The molecule has 1 aromatic heterocycles. The quantitative estimate of drug-likeness (QED) is 0.00629. The molecule has 9 aliphatic rings. The van der Waals surface area contributed by atoms with E-state index in [4.69, 9.17) is 24.7 Å². The van der Waals surface area contributed by atoms with E-state index in [0.717, 1.165) is 50.8 Å². The fraction of sp³-hybridized carbons (Fsp3) is 0.539. The van der Waals surface area contributed by atoms with Gasteiger partial charge in [0.25, 0.3) is 5.91 Å². The number of amides is 9. The average Bonchev–Trinajstić information content (AvgIpc) is 1.49. The van der Waals surface area contributed by atoms with Crippen molar-refractivity contribution in [3.05, 3.63) is 136 Å². The zero-order valence-corrected chi connectivity index (χ0v) is 75.3. The molecule has 1 aliphatic carbocycles. The van der Waals surface area contributed by atoms with Crippen molar-refractivity contribution in [1.29, 1.82) is 5.41 Å². The first kappa shape index (κ1) is 93.5. The number of hydrogen-bond donors (Lipinski definition) is 17. The van der Waals surface area contributed by atoms with Crippen LogP contribution < -0.4 is 68.4 Å². The number of rotatable bonds is 28. The molecule has 9 heterocycles. The topological polar surface area (TPSA) is 521 Å². The molecule has 4 bridgehead atoms. The number of likely N-dealkylation sites (N-methyl/N-ethyl adjacent to an activating group) is 1. The van der Waals surface area contributed by atoms with Crippen LogP contribution in [0.25, 0.3) is 10.9 Å². The van der Waals surface area contributed by atoms with Crippen LogP contribution in [-0.4, -0.2) is 279 Å². The van der Waals surface area contributed by atoms with Crippen LogP contribution in [-0.2, 0) is 91.9 Å². The van der Waals surface area contributed by atoms with Crippen molar-refractivity contribution in [3.63, 3.8) is 0 Å². The van der Waals surface area contributed by atoms with Gasteiger partial charge in [-0.3, -0.25) is 67.8 Å². The van der Waals surface area contributed by atoms with Crippen LogP contribution in [0.2, 0.25) is 32.2 Å². The minimum absolute atomic E-state index is 0.0321. The van der Waals surface area contributed by atoms with Crippen molar-refractivity contribution < 1.29 is 96.7 Å². The number of hydrogen-bond acceptors (Lipinski definition) is 22. The fourth-order valence-corrected chi connectivity index (χ4v) is 30.2. The molecule has 5 saturated heterocycles. The molecule has 5 aromatic rings. The summed E-state index contributed by atoms with van der Waals surface area (Å²) in [5, 5.41) is 92.2. The number of aromatic amines is 1. The van der Waals surface area contributed by atoms with E-state index in [1.54, 1.807) is 55.6 Å². The standard InChI is InChI=1S/C89H120N16O20Si2/c1-10-85(121)42-53-29-35-103(50-85)36-30-57-56-16-12-13-17-60(56)100-73(57)88(43-53,83(120)124-5)59-38-58-65(41-67(59)123-4)102(3)81-87(58)32-37-104-34-15-31-86(11-2,80(87)104)82(119)89(81,122)49-96-74(112)54-23-25-55(26-24-54)127(8,9)125-126(6,7)48-64(79(117)118)99-69(107)28-27-68(106)93-44-51-19-21-52(22-20-51)47-105-66-45-94-76(114)62(40-72(110)111)98-71(109)46-95-75(113)61(18-14-33-92-84(90)91)97-70(108)39-63(78(105)116)101-77(66)115/h12-13,15-17,19-26,31,38,41,53,61-64,66,80-82,100,119,121-122H,10-11,14,18,27-30,32-37,39-40,42-50H2,1-9H3,(H,93,106)(H,94,114)(H,95,113)(H,96,112)(H,97,108)(H,98,109)(H,99,107)(H,101,115)(H,110,111)(H,117,118)(H4,90,91,92)/t53?,61-,62-,63+,64?,66-,80+,81+,82+,85-,86+,87+,88-,89-/m0/s1. The highest BCUT2D eigenvalue weighted by Gasteiger charge is 2.77. The molecule has 15 atom stereocenters. The summed E-state index contributed by atoms with van der Waals surface area (Å²) in [6.07, 6.45) is 4.25. The van der Waals surface area contributed by atoms with E-state index in [9.17, 15) is 78.3 Å². The number of fused-ring (bicyclic) bond motifs is 21. The first-order valence-electron chi connectivity index (χ1n) is 43.7. The lowest BCUT2D eigenvalue weighted by Crippen LogP contribution is -2.80. The van der Waals surface area contributed by atoms with Gasteiger partial charge in [0.1, 0.15) is 47.0 Å². The Balaban J connectivity index is 0.648. The van der Waals surface area contributed by atoms with E-state index in [0.29, 0.717) is 86.4 Å². The summed E-state index contributed by atoms with van der Waals surface area (Å²) in [5.41, 5.74) is 4.98. The van der Waals surface area contributed by atoms with Crippen LogP contribution >= 0.6 is 0 Å². The smallest absolute Gasteiger partial charge is 0.325 e. The number of H-pyrrole nitrogens is 1. The van der Waals surface area contributed by atoms with Gasteiger partial charge in [-0.25, -0.2) is 0 Å². The van der Waals surface area contributed by atoms with Gasteiger partial charge in [0.2, 0.25) is 55.6 Å². The summed E-state index contributed by atoms with van der Waals surface area (Å²) in [5.74, 6) is -10.2. The molecule has 9 amide bonds. The Morgan fingerprint density at radius 1 is 0.780 bits per heavy atom. The molecule has 0 radical (unpaired) electrons. The number of carboxylic acids is 2. The Bertz CT molecular complexity index is 5130. The summed E-state index contributed by atoms with van der Waals surface area (Å²) < 4.78 is 19.6. The van der Waals surface area contributed by atoms with Crippen molar-refractivity contribution in [2.75, 3.05) is 85.1 Å². The number of piperazine rings is 1. The number of carbonyl (C=O) groups is 12. The minimum Gasteiger partial charge on any atom is -0.496 e. The van der Waals surface area contributed by atoms with Crippen molar-refractivity contribution in [3.8, 4) is 5.75 Å². The molecular weight excluding hydrogens is 1670 g/mol. The van der Waals surface area contributed by atoms with E-state index < -0.39 is 183 Å². The Morgan fingerprint density at radius 3 is 2.18 bits per heavy atom. The second-order valence-corrected chi connectivity index (χ2v) is 44.9. The van der Waals surface area contributed by atoms with Crippen LogP contribution in [0.4, 0.5) is 5.69 Å². The fourth-order valence-electron chi connectivity index (χ4n) is 21.6. The second kappa shape index (κ2) is 37.7. The zero-order valence-electron chi connectivity index (χ0n) is 73.3. The van der Waals surface area contributed by atoms with E-state index in [1.165, 1.54) is 7.11 Å². The second-order valence-electron chi connectivity index (χ2n) is 36.5. The number of carbonyl (C=O) groups excluding carboxylic acids is 10. The Kier molecular flexibility index (Phi) is 27.7. The molecular formula is C89H120N16O20Si2. The lowest BCUT2D eigenvalue weighted by Gasteiger charge is -2.64. The van der Waals surface area contributed by atoms with Crippen molar-refractivity contribution >= 4 is 115 Å². The first-order chi connectivity index (χ1) is 60.3. The number of para-hydroxylation sites is 1. The third-order valence-electron chi connectivity index (χ3n) is 27.5.